The van der Waals surface area contributed by atoms with Gasteiger partial charge in [-0.05, 0) is 54.4 Å². The standard InChI is InChI=1S/C13H25NO/c1-12(2)10-4-5-13(12,3)11(6-10)9(7-14)8-15/h9-11,15H,4-8,14H2,1-3H3/t9-,10+,11-,13+/m1/s1. The molecule has 0 unspecified atom stereocenters. The summed E-state index contributed by atoms with van der Waals surface area (Å²) in [5.74, 6) is 1.81. The van der Waals surface area contributed by atoms with E-state index in [1.165, 1.54) is 19.3 Å². The van der Waals surface area contributed by atoms with Gasteiger partial charge in [0.15, 0.2) is 0 Å². The first-order valence-electron chi connectivity index (χ1n) is 6.28. The number of aliphatic hydroxyl groups excluding tert-OH is 1. The van der Waals surface area contributed by atoms with Crippen LogP contribution in [0.2, 0.25) is 0 Å². The third-order valence-corrected chi connectivity index (χ3v) is 5.97. The highest BCUT2D eigenvalue weighted by Crippen LogP contribution is 2.69. The van der Waals surface area contributed by atoms with Crippen LogP contribution in [0.25, 0.3) is 0 Å². The van der Waals surface area contributed by atoms with Gasteiger partial charge >= 0.3 is 0 Å². The lowest BCUT2D eigenvalue weighted by Crippen LogP contribution is -2.39. The van der Waals surface area contributed by atoms with Gasteiger partial charge in [-0.15, -0.1) is 0 Å². The van der Waals surface area contributed by atoms with Gasteiger partial charge in [-0.2, -0.15) is 0 Å². The molecule has 0 aromatic heterocycles. The van der Waals surface area contributed by atoms with E-state index < -0.39 is 0 Å². The van der Waals surface area contributed by atoms with Gasteiger partial charge in [-0.3, -0.25) is 0 Å². The average Bonchev–Trinajstić information content (AvgIpc) is 2.52. The van der Waals surface area contributed by atoms with E-state index in [4.69, 9.17) is 5.73 Å². The minimum atomic E-state index is 0.263. The van der Waals surface area contributed by atoms with Gasteiger partial charge in [-0.25, -0.2) is 0 Å². The fourth-order valence-electron chi connectivity index (χ4n) is 4.34. The summed E-state index contributed by atoms with van der Waals surface area (Å²) in [6.45, 7) is 8.15. The summed E-state index contributed by atoms with van der Waals surface area (Å²) >= 11 is 0. The first kappa shape index (κ1) is 11.4. The molecule has 0 amide bonds. The van der Waals surface area contributed by atoms with E-state index in [0.29, 0.717) is 29.2 Å². The lowest BCUT2D eigenvalue weighted by molar-refractivity contribution is 0.0455. The highest BCUT2D eigenvalue weighted by Gasteiger charge is 2.62. The second-order valence-corrected chi connectivity index (χ2v) is 6.40. The third kappa shape index (κ3) is 1.31. The number of nitrogens with two attached hydrogens (primary N) is 1. The minimum absolute atomic E-state index is 0.263. The Balaban J connectivity index is 2.25. The second-order valence-electron chi connectivity index (χ2n) is 6.40. The number of aliphatic hydroxyl groups is 1. The van der Waals surface area contributed by atoms with Crippen molar-refractivity contribution in [3.8, 4) is 0 Å². The fraction of sp³-hybridized carbons (Fsp3) is 1.00. The van der Waals surface area contributed by atoms with Crippen molar-refractivity contribution in [3.63, 3.8) is 0 Å². The smallest absolute Gasteiger partial charge is 0.0474 e. The topological polar surface area (TPSA) is 46.2 Å². The molecule has 2 fully saturated rings. The fourth-order valence-corrected chi connectivity index (χ4v) is 4.34. The van der Waals surface area contributed by atoms with Crippen LogP contribution in [0.3, 0.4) is 0 Å². The van der Waals surface area contributed by atoms with Crippen LogP contribution < -0.4 is 5.73 Å². The molecule has 2 aliphatic carbocycles. The SMILES string of the molecule is CC1(C)[C@H]2CC[C@@]1(C)[C@@H]([C@H](CN)CO)C2. The maximum absolute atomic E-state index is 9.42. The molecule has 2 bridgehead atoms. The molecule has 2 heteroatoms. The molecule has 2 nitrogen and oxygen atoms in total. The maximum atomic E-state index is 9.42. The summed E-state index contributed by atoms with van der Waals surface area (Å²) < 4.78 is 0. The molecule has 0 heterocycles. The van der Waals surface area contributed by atoms with Crippen molar-refractivity contribution in [2.75, 3.05) is 13.2 Å². The van der Waals surface area contributed by atoms with Gasteiger partial charge < -0.3 is 10.8 Å². The Morgan fingerprint density at radius 1 is 1.40 bits per heavy atom. The maximum Gasteiger partial charge on any atom is 0.0474 e. The summed E-state index contributed by atoms with van der Waals surface area (Å²) in [5.41, 5.74) is 6.63. The highest BCUT2D eigenvalue weighted by molar-refractivity contribution is 5.11. The molecule has 0 spiro atoms. The van der Waals surface area contributed by atoms with Crippen molar-refractivity contribution in [2.45, 2.75) is 40.0 Å². The second kappa shape index (κ2) is 3.46. The molecule has 2 aliphatic rings. The highest BCUT2D eigenvalue weighted by atomic mass is 16.3. The van der Waals surface area contributed by atoms with E-state index in [-0.39, 0.29) is 6.61 Å². The average molecular weight is 211 g/mol. The third-order valence-electron chi connectivity index (χ3n) is 5.97. The molecule has 2 rings (SSSR count). The molecule has 4 atom stereocenters. The Labute approximate surface area is 93.2 Å². The van der Waals surface area contributed by atoms with Crippen LogP contribution >= 0.6 is 0 Å². The predicted octanol–water partition coefficient (Wildman–Crippen LogP) is 2.02. The van der Waals surface area contributed by atoms with Crippen molar-refractivity contribution in [1.82, 2.24) is 0 Å². The molecule has 2 saturated carbocycles. The zero-order valence-electron chi connectivity index (χ0n) is 10.3. The van der Waals surface area contributed by atoms with E-state index in [1.54, 1.807) is 0 Å². The van der Waals surface area contributed by atoms with Crippen LogP contribution in [-0.2, 0) is 0 Å². The number of fused-ring (bicyclic) bond motifs is 2. The summed E-state index contributed by atoms with van der Waals surface area (Å²) in [6, 6.07) is 0. The Morgan fingerprint density at radius 2 is 2.07 bits per heavy atom. The number of rotatable bonds is 3. The number of hydrogen-bond donors (Lipinski definition) is 2. The Kier molecular flexibility index (Phi) is 2.63. The van der Waals surface area contributed by atoms with Crippen molar-refractivity contribution in [2.24, 2.45) is 34.3 Å². The summed E-state index contributed by atoms with van der Waals surface area (Å²) in [7, 11) is 0. The van der Waals surface area contributed by atoms with Crippen LogP contribution in [0.4, 0.5) is 0 Å². The van der Waals surface area contributed by atoms with Crippen LogP contribution in [0.5, 0.6) is 0 Å². The normalized spacial score (nSPS) is 44.6. The van der Waals surface area contributed by atoms with Crippen LogP contribution in [0.15, 0.2) is 0 Å². The monoisotopic (exact) mass is 211 g/mol. The molecule has 0 radical (unpaired) electrons. The minimum Gasteiger partial charge on any atom is -0.396 e. The van der Waals surface area contributed by atoms with Crippen molar-refractivity contribution >= 4 is 0 Å². The van der Waals surface area contributed by atoms with Gasteiger partial charge in [0.25, 0.3) is 0 Å². The zero-order chi connectivity index (χ0) is 11.3. The molecule has 0 aliphatic heterocycles. The van der Waals surface area contributed by atoms with E-state index in [1.807, 2.05) is 0 Å². The van der Waals surface area contributed by atoms with E-state index in [0.717, 1.165) is 5.92 Å². The lowest BCUT2D eigenvalue weighted by atomic mass is 9.63. The van der Waals surface area contributed by atoms with Gasteiger partial charge in [0.05, 0.1) is 0 Å². The van der Waals surface area contributed by atoms with Gasteiger partial charge in [0.2, 0.25) is 0 Å². The summed E-state index contributed by atoms with van der Waals surface area (Å²) in [5, 5.41) is 9.42. The van der Waals surface area contributed by atoms with E-state index in [2.05, 4.69) is 20.8 Å². The summed E-state index contributed by atoms with van der Waals surface area (Å²) in [6.07, 6.45) is 3.99. The van der Waals surface area contributed by atoms with Gasteiger partial charge in [-0.1, -0.05) is 20.8 Å². The quantitative estimate of drug-likeness (QED) is 0.750. The predicted molar refractivity (Wildman–Crippen MR) is 62.3 cm³/mol. The Morgan fingerprint density at radius 3 is 2.40 bits per heavy atom. The van der Waals surface area contributed by atoms with Crippen molar-refractivity contribution < 1.29 is 5.11 Å². The van der Waals surface area contributed by atoms with E-state index >= 15 is 0 Å². The van der Waals surface area contributed by atoms with Gasteiger partial charge in [0, 0.05) is 6.61 Å². The molecular weight excluding hydrogens is 186 g/mol. The van der Waals surface area contributed by atoms with Crippen molar-refractivity contribution in [1.29, 1.82) is 0 Å². The molecule has 0 saturated heterocycles. The number of hydrogen-bond acceptors (Lipinski definition) is 2. The van der Waals surface area contributed by atoms with Crippen LogP contribution in [-0.4, -0.2) is 18.3 Å². The van der Waals surface area contributed by atoms with Crippen molar-refractivity contribution in [3.05, 3.63) is 0 Å². The molecule has 3 N–H and O–H groups in total. The molecule has 0 aromatic rings. The Bertz CT molecular complexity index is 247. The largest absolute Gasteiger partial charge is 0.396 e. The van der Waals surface area contributed by atoms with Crippen LogP contribution in [0, 0.1) is 28.6 Å². The molecule has 15 heavy (non-hydrogen) atoms. The molecule has 0 aromatic carbocycles. The molecular formula is C13H25NO. The van der Waals surface area contributed by atoms with Gasteiger partial charge in [0.1, 0.15) is 0 Å². The lowest BCUT2D eigenvalue weighted by Gasteiger charge is -2.42. The zero-order valence-corrected chi connectivity index (χ0v) is 10.3. The Hall–Kier alpha value is -0.0800. The van der Waals surface area contributed by atoms with Crippen LogP contribution in [0.1, 0.15) is 40.0 Å². The summed E-state index contributed by atoms with van der Waals surface area (Å²) in [4.78, 5) is 0. The molecule has 88 valence electrons. The van der Waals surface area contributed by atoms with E-state index in [9.17, 15) is 5.11 Å². The first-order chi connectivity index (χ1) is 6.97. The first-order valence-corrected chi connectivity index (χ1v) is 6.28.